The van der Waals surface area contributed by atoms with Crippen LogP contribution in [0.2, 0.25) is 5.15 Å². The summed E-state index contributed by atoms with van der Waals surface area (Å²) in [6.07, 6.45) is 6.22. The van der Waals surface area contributed by atoms with Gasteiger partial charge in [0.2, 0.25) is 0 Å². The van der Waals surface area contributed by atoms with Crippen LogP contribution in [0.4, 0.5) is 0 Å². The van der Waals surface area contributed by atoms with E-state index in [1.165, 1.54) is 12.5 Å². The van der Waals surface area contributed by atoms with Gasteiger partial charge in [-0.1, -0.05) is 11.6 Å². The largest absolute Gasteiger partial charge is 0.254 e. The molecule has 0 aromatic carbocycles. The van der Waals surface area contributed by atoms with Crippen LogP contribution in [0, 0.1) is 0 Å². The van der Waals surface area contributed by atoms with Crippen molar-refractivity contribution in [3.63, 3.8) is 0 Å². The van der Waals surface area contributed by atoms with E-state index in [1.54, 1.807) is 17.2 Å². The van der Waals surface area contributed by atoms with Crippen molar-refractivity contribution in [2.24, 2.45) is 0 Å². The summed E-state index contributed by atoms with van der Waals surface area (Å²) in [5.74, 6) is 0. The van der Waals surface area contributed by atoms with Crippen molar-refractivity contribution in [2.45, 2.75) is 6.54 Å². The molecule has 0 amide bonds. The number of nitrogens with zero attached hydrogens (tertiary/aromatic N) is 5. The van der Waals surface area contributed by atoms with Gasteiger partial charge in [-0.15, -0.1) is 0 Å². The first-order valence-corrected chi connectivity index (χ1v) is 4.01. The van der Waals surface area contributed by atoms with Gasteiger partial charge in [-0.05, 0) is 0 Å². The van der Waals surface area contributed by atoms with Gasteiger partial charge in [0.05, 0.1) is 24.6 Å². The first-order chi connectivity index (χ1) is 6.34. The van der Waals surface area contributed by atoms with Crippen LogP contribution in [0.15, 0.2) is 25.0 Å². The molecular weight excluding hydrogens is 190 g/mol. The van der Waals surface area contributed by atoms with Crippen LogP contribution in [0.3, 0.4) is 0 Å². The Morgan fingerprint density at radius 1 is 1.31 bits per heavy atom. The minimum Gasteiger partial charge on any atom is -0.254 e. The van der Waals surface area contributed by atoms with Crippen LogP contribution in [-0.2, 0) is 6.54 Å². The second-order valence-corrected chi connectivity index (χ2v) is 2.81. The van der Waals surface area contributed by atoms with E-state index >= 15 is 0 Å². The van der Waals surface area contributed by atoms with E-state index in [4.69, 9.17) is 11.6 Å². The zero-order valence-electron chi connectivity index (χ0n) is 6.63. The topological polar surface area (TPSA) is 56.5 Å². The van der Waals surface area contributed by atoms with Crippen LogP contribution < -0.4 is 0 Å². The van der Waals surface area contributed by atoms with Gasteiger partial charge < -0.3 is 0 Å². The predicted molar refractivity (Wildman–Crippen MR) is 46.2 cm³/mol. The molecule has 2 rings (SSSR count). The highest BCUT2D eigenvalue weighted by Crippen LogP contribution is 2.01. The van der Waals surface area contributed by atoms with Crippen molar-refractivity contribution >= 4 is 11.6 Å². The minimum absolute atomic E-state index is 0.391. The van der Waals surface area contributed by atoms with E-state index in [0.717, 1.165) is 5.69 Å². The van der Waals surface area contributed by atoms with Crippen LogP contribution >= 0.6 is 11.6 Å². The van der Waals surface area contributed by atoms with E-state index in [2.05, 4.69) is 20.1 Å². The zero-order chi connectivity index (χ0) is 9.10. The smallest absolute Gasteiger partial charge is 0.147 e. The summed E-state index contributed by atoms with van der Waals surface area (Å²) in [6, 6.07) is 0. The van der Waals surface area contributed by atoms with E-state index in [-0.39, 0.29) is 0 Å². The summed E-state index contributed by atoms with van der Waals surface area (Å²) in [5.41, 5.74) is 0.801. The van der Waals surface area contributed by atoms with E-state index in [1.807, 2.05) is 0 Å². The molecule has 0 unspecified atom stereocenters. The van der Waals surface area contributed by atoms with Gasteiger partial charge in [-0.3, -0.25) is 4.98 Å². The fourth-order valence-electron chi connectivity index (χ4n) is 0.901. The maximum Gasteiger partial charge on any atom is 0.147 e. The number of aromatic nitrogens is 5. The van der Waals surface area contributed by atoms with Crippen LogP contribution in [0.5, 0.6) is 0 Å². The molecule has 2 aromatic heterocycles. The Morgan fingerprint density at radius 3 is 2.85 bits per heavy atom. The molecule has 0 fully saturated rings. The van der Waals surface area contributed by atoms with Gasteiger partial charge in [-0.2, -0.15) is 5.10 Å². The maximum absolute atomic E-state index is 5.59. The summed E-state index contributed by atoms with van der Waals surface area (Å²) >= 11 is 5.59. The second-order valence-electron chi connectivity index (χ2n) is 2.42. The summed E-state index contributed by atoms with van der Waals surface area (Å²) < 4.78 is 1.66. The van der Waals surface area contributed by atoms with Gasteiger partial charge in [0.15, 0.2) is 0 Å². The van der Waals surface area contributed by atoms with E-state index in [9.17, 15) is 0 Å². The fraction of sp³-hybridized carbons (Fsp3) is 0.143. The molecule has 0 radical (unpaired) electrons. The molecule has 2 heterocycles. The molecule has 0 N–H and O–H groups in total. The van der Waals surface area contributed by atoms with E-state index in [0.29, 0.717) is 11.7 Å². The van der Waals surface area contributed by atoms with Crippen LogP contribution in [0.1, 0.15) is 5.69 Å². The lowest BCUT2D eigenvalue weighted by Crippen LogP contribution is -2.02. The Kier molecular flexibility index (Phi) is 2.18. The molecule has 0 atom stereocenters. The normalized spacial score (nSPS) is 10.2. The van der Waals surface area contributed by atoms with Gasteiger partial charge in [0.25, 0.3) is 0 Å². The van der Waals surface area contributed by atoms with Crippen molar-refractivity contribution in [1.82, 2.24) is 24.7 Å². The monoisotopic (exact) mass is 195 g/mol. The second kappa shape index (κ2) is 3.49. The Morgan fingerprint density at radius 2 is 2.23 bits per heavy atom. The van der Waals surface area contributed by atoms with Crippen molar-refractivity contribution in [1.29, 1.82) is 0 Å². The third kappa shape index (κ3) is 2.00. The lowest BCUT2D eigenvalue weighted by molar-refractivity contribution is 0.668. The van der Waals surface area contributed by atoms with Gasteiger partial charge in [-0.25, -0.2) is 14.6 Å². The molecule has 0 aliphatic heterocycles. The number of hydrogen-bond acceptors (Lipinski definition) is 4. The highest BCUT2D eigenvalue weighted by molar-refractivity contribution is 6.29. The summed E-state index contributed by atoms with van der Waals surface area (Å²) in [5, 5.41) is 4.33. The molecule has 0 saturated carbocycles. The zero-order valence-corrected chi connectivity index (χ0v) is 7.39. The SMILES string of the molecule is Clc1cnc(Cn2cncn2)cn1. The van der Waals surface area contributed by atoms with Crippen molar-refractivity contribution in [3.05, 3.63) is 35.9 Å². The van der Waals surface area contributed by atoms with Gasteiger partial charge in [0, 0.05) is 0 Å². The third-order valence-electron chi connectivity index (χ3n) is 1.46. The number of rotatable bonds is 2. The average molecular weight is 196 g/mol. The third-order valence-corrected chi connectivity index (χ3v) is 1.66. The van der Waals surface area contributed by atoms with Crippen molar-refractivity contribution in [3.8, 4) is 0 Å². The summed E-state index contributed by atoms with van der Waals surface area (Å²) in [6.45, 7) is 0.560. The lowest BCUT2D eigenvalue weighted by Gasteiger charge is -1.98. The highest BCUT2D eigenvalue weighted by atomic mass is 35.5. The van der Waals surface area contributed by atoms with Crippen LogP contribution in [0.25, 0.3) is 0 Å². The average Bonchev–Trinajstić information content (AvgIpc) is 2.62. The molecule has 13 heavy (non-hydrogen) atoms. The molecule has 0 saturated heterocycles. The van der Waals surface area contributed by atoms with Crippen molar-refractivity contribution in [2.75, 3.05) is 0 Å². The number of hydrogen-bond donors (Lipinski definition) is 0. The molecule has 5 nitrogen and oxygen atoms in total. The highest BCUT2D eigenvalue weighted by Gasteiger charge is 1.97. The van der Waals surface area contributed by atoms with Crippen LogP contribution in [-0.4, -0.2) is 24.7 Å². The first kappa shape index (κ1) is 8.12. The first-order valence-electron chi connectivity index (χ1n) is 3.63. The molecule has 0 bridgehead atoms. The standard InChI is InChI=1S/C7H6ClN5/c8-7-2-10-6(1-11-7)3-13-5-9-4-12-13/h1-2,4-5H,3H2. The Labute approximate surface area is 79.4 Å². The Bertz CT molecular complexity index is 368. The minimum atomic E-state index is 0.391. The molecule has 0 aliphatic carbocycles. The number of halogens is 1. The summed E-state index contributed by atoms with van der Waals surface area (Å²) in [7, 11) is 0. The molecule has 66 valence electrons. The molecule has 0 aliphatic rings. The molecule has 2 aromatic rings. The molecular formula is C7H6ClN5. The predicted octanol–water partition coefficient (Wildman–Crippen LogP) is 0.770. The Balaban J connectivity index is 2.15. The van der Waals surface area contributed by atoms with Gasteiger partial charge in [0.1, 0.15) is 17.8 Å². The molecule has 0 spiro atoms. The quantitative estimate of drug-likeness (QED) is 0.710. The van der Waals surface area contributed by atoms with Gasteiger partial charge >= 0.3 is 0 Å². The van der Waals surface area contributed by atoms with E-state index < -0.39 is 0 Å². The van der Waals surface area contributed by atoms with Crippen molar-refractivity contribution < 1.29 is 0 Å². The summed E-state index contributed by atoms with van der Waals surface area (Å²) in [4.78, 5) is 11.8. The Hall–Kier alpha value is -1.49. The lowest BCUT2D eigenvalue weighted by atomic mass is 10.4. The fourth-order valence-corrected chi connectivity index (χ4v) is 0.999. The molecule has 6 heteroatoms. The maximum atomic E-state index is 5.59.